The quantitative estimate of drug-likeness (QED) is 0.317. The Balaban J connectivity index is 1.49. The normalized spacial score (nSPS) is 16.5. The van der Waals surface area contributed by atoms with E-state index >= 15 is 0 Å². The molecule has 0 radical (unpaired) electrons. The first-order valence-electron chi connectivity index (χ1n) is 11.9. The van der Waals surface area contributed by atoms with Gasteiger partial charge in [-0.3, -0.25) is 10.2 Å². The lowest BCUT2D eigenvalue weighted by Crippen LogP contribution is -2.35. The second-order valence-corrected chi connectivity index (χ2v) is 10.7. The first-order valence-corrected chi connectivity index (χ1v) is 13.5. The Bertz CT molecular complexity index is 1540. The molecule has 0 bridgehead atoms. The molecule has 3 aromatic rings. The number of nitrogens with one attached hydrogen (secondary N) is 1. The van der Waals surface area contributed by atoms with Crippen molar-refractivity contribution in [2.75, 3.05) is 6.61 Å². The number of aliphatic imine (C=N–C) groups is 1. The maximum absolute atomic E-state index is 13.0. The Labute approximate surface area is 229 Å². The van der Waals surface area contributed by atoms with Crippen LogP contribution in [0.1, 0.15) is 36.6 Å². The van der Waals surface area contributed by atoms with Gasteiger partial charge in [0.15, 0.2) is 5.84 Å². The van der Waals surface area contributed by atoms with E-state index in [1.807, 2.05) is 13.8 Å². The average Bonchev–Trinajstić information content (AvgIpc) is 3.37. The highest BCUT2D eigenvalue weighted by Gasteiger charge is 2.35. The monoisotopic (exact) mass is 553 g/mol. The van der Waals surface area contributed by atoms with Crippen LogP contribution in [0.3, 0.4) is 0 Å². The second-order valence-electron chi connectivity index (χ2n) is 8.84. The predicted octanol–water partition coefficient (Wildman–Crippen LogP) is 7.06. The zero-order valence-electron chi connectivity index (χ0n) is 20.6. The van der Waals surface area contributed by atoms with E-state index in [1.54, 1.807) is 24.3 Å². The number of aromatic nitrogens is 1. The van der Waals surface area contributed by atoms with Gasteiger partial charge in [0.25, 0.3) is 5.91 Å². The SMILES string of the molecule is CCCC1=NN2C(=N)/C(=C/c3c(C)n(CCOc4cccc(Cl)c4Cl)c4ccc(C)cc34)C(=O)N=C2S1. The minimum absolute atomic E-state index is 0.0421. The summed E-state index contributed by atoms with van der Waals surface area (Å²) in [7, 11) is 0. The van der Waals surface area contributed by atoms with E-state index in [4.69, 9.17) is 33.3 Å². The van der Waals surface area contributed by atoms with Gasteiger partial charge in [0.05, 0.1) is 17.1 Å². The van der Waals surface area contributed by atoms with Gasteiger partial charge in [0.1, 0.15) is 22.4 Å². The van der Waals surface area contributed by atoms with Gasteiger partial charge in [0.2, 0.25) is 5.17 Å². The van der Waals surface area contributed by atoms with Crippen LogP contribution in [0, 0.1) is 19.3 Å². The number of fused-ring (bicyclic) bond motifs is 2. The van der Waals surface area contributed by atoms with Crippen molar-refractivity contribution in [3.8, 4) is 5.75 Å². The molecular weight excluding hydrogens is 529 g/mol. The molecule has 0 unspecified atom stereocenters. The highest BCUT2D eigenvalue weighted by molar-refractivity contribution is 8.26. The Morgan fingerprint density at radius 1 is 1.19 bits per heavy atom. The third kappa shape index (κ3) is 4.81. The zero-order chi connectivity index (χ0) is 26.3. The lowest BCUT2D eigenvalue weighted by Gasteiger charge is -2.20. The molecule has 2 aliphatic rings. The number of halogens is 2. The first kappa shape index (κ1) is 25.6. The van der Waals surface area contributed by atoms with Gasteiger partial charge in [-0.1, -0.05) is 47.8 Å². The molecule has 1 aromatic heterocycles. The van der Waals surface area contributed by atoms with Crippen LogP contribution in [-0.2, 0) is 11.3 Å². The van der Waals surface area contributed by atoms with Crippen LogP contribution < -0.4 is 4.74 Å². The summed E-state index contributed by atoms with van der Waals surface area (Å²) in [5, 5.41) is 17.8. The van der Waals surface area contributed by atoms with Crippen LogP contribution in [0.4, 0.5) is 0 Å². The number of ether oxygens (including phenoxy) is 1. The van der Waals surface area contributed by atoms with E-state index in [9.17, 15) is 4.79 Å². The van der Waals surface area contributed by atoms with E-state index in [1.165, 1.54) is 16.8 Å². The molecule has 0 spiro atoms. The van der Waals surface area contributed by atoms with Crippen molar-refractivity contribution < 1.29 is 9.53 Å². The molecule has 2 aliphatic heterocycles. The fourth-order valence-electron chi connectivity index (χ4n) is 4.43. The number of amides is 1. The summed E-state index contributed by atoms with van der Waals surface area (Å²) >= 11 is 13.7. The number of amidine groups is 2. The van der Waals surface area contributed by atoms with Crippen LogP contribution in [0.2, 0.25) is 10.0 Å². The standard InChI is InChI=1S/C27H25Cl2N5O2S/c1-4-6-23-32-34-25(30)19(26(35)31-27(34)37-23)14-17-16(3)33(21-10-9-15(2)13-18(17)21)11-12-36-22-8-5-7-20(28)24(22)29/h5,7-10,13-14,30H,4,6,11-12H2,1-3H3/b19-14-,30-25?. The molecule has 0 atom stereocenters. The van der Waals surface area contributed by atoms with Gasteiger partial charge in [-0.15, -0.1) is 0 Å². The highest BCUT2D eigenvalue weighted by Crippen LogP contribution is 2.34. The molecule has 1 N–H and O–H groups in total. The third-order valence-corrected chi connectivity index (χ3v) is 8.03. The van der Waals surface area contributed by atoms with E-state index in [-0.39, 0.29) is 11.4 Å². The highest BCUT2D eigenvalue weighted by atomic mass is 35.5. The van der Waals surface area contributed by atoms with Crippen molar-refractivity contribution in [2.45, 2.75) is 40.2 Å². The molecule has 2 aromatic carbocycles. The summed E-state index contributed by atoms with van der Waals surface area (Å²) < 4.78 is 8.08. The molecule has 190 valence electrons. The summed E-state index contributed by atoms with van der Waals surface area (Å²) in [6.45, 7) is 7.03. The van der Waals surface area contributed by atoms with E-state index < -0.39 is 5.91 Å². The average molecular weight is 555 g/mol. The van der Waals surface area contributed by atoms with Crippen LogP contribution in [0.5, 0.6) is 5.75 Å². The largest absolute Gasteiger partial charge is 0.490 e. The predicted molar refractivity (Wildman–Crippen MR) is 153 cm³/mol. The summed E-state index contributed by atoms with van der Waals surface area (Å²) in [5.74, 6) is 0.145. The van der Waals surface area contributed by atoms with E-state index in [0.29, 0.717) is 34.1 Å². The van der Waals surface area contributed by atoms with Crippen LogP contribution >= 0.6 is 35.0 Å². The Morgan fingerprint density at radius 2 is 2.00 bits per heavy atom. The first-order chi connectivity index (χ1) is 17.8. The molecular formula is C27H25Cl2N5O2S. The minimum atomic E-state index is -0.427. The number of nitrogens with zero attached hydrogens (tertiary/aromatic N) is 4. The maximum Gasteiger partial charge on any atom is 0.283 e. The number of hydrogen-bond donors (Lipinski definition) is 1. The van der Waals surface area contributed by atoms with Gasteiger partial charge in [-0.25, -0.2) is 0 Å². The number of aryl methyl sites for hydroxylation is 1. The maximum atomic E-state index is 13.0. The molecule has 1 amide bonds. The fourth-order valence-corrected chi connectivity index (χ4v) is 5.76. The number of carbonyl (C=O) groups excluding carboxylic acids is 1. The van der Waals surface area contributed by atoms with Crippen LogP contribution in [0.15, 0.2) is 52.1 Å². The van der Waals surface area contributed by atoms with Crippen molar-refractivity contribution in [1.29, 1.82) is 5.41 Å². The smallest absolute Gasteiger partial charge is 0.283 e. The lowest BCUT2D eigenvalue weighted by molar-refractivity contribution is -0.114. The number of hydrogen-bond acceptors (Lipinski definition) is 5. The molecule has 0 aliphatic carbocycles. The number of hydrazone groups is 1. The van der Waals surface area contributed by atoms with Crippen molar-refractivity contribution in [3.63, 3.8) is 0 Å². The molecule has 7 nitrogen and oxygen atoms in total. The molecule has 0 fully saturated rings. The second kappa shape index (κ2) is 10.4. The van der Waals surface area contributed by atoms with Crippen molar-refractivity contribution in [3.05, 3.63) is 68.8 Å². The molecule has 10 heteroatoms. The lowest BCUT2D eigenvalue weighted by atomic mass is 10.0. The molecule has 37 heavy (non-hydrogen) atoms. The van der Waals surface area contributed by atoms with Crippen LogP contribution in [0.25, 0.3) is 17.0 Å². The number of benzene rings is 2. The molecule has 0 saturated heterocycles. The number of carbonyl (C=O) groups is 1. The van der Waals surface area contributed by atoms with Gasteiger partial charge in [-0.05, 0) is 68.8 Å². The molecule has 3 heterocycles. The minimum Gasteiger partial charge on any atom is -0.490 e. The van der Waals surface area contributed by atoms with Gasteiger partial charge in [0, 0.05) is 22.2 Å². The Kier molecular flexibility index (Phi) is 7.16. The third-order valence-electron chi connectivity index (χ3n) is 6.27. The molecule has 5 rings (SSSR count). The Hall–Kier alpha value is -3.07. The Morgan fingerprint density at radius 3 is 2.78 bits per heavy atom. The summed E-state index contributed by atoms with van der Waals surface area (Å²) in [4.78, 5) is 17.2. The van der Waals surface area contributed by atoms with Gasteiger partial charge >= 0.3 is 0 Å². The van der Waals surface area contributed by atoms with Gasteiger partial charge < -0.3 is 9.30 Å². The summed E-state index contributed by atoms with van der Waals surface area (Å²) in [6, 6.07) is 11.5. The number of rotatable bonds is 7. The fraction of sp³-hybridized carbons (Fsp3) is 0.259. The van der Waals surface area contributed by atoms with E-state index in [2.05, 4.69) is 39.8 Å². The van der Waals surface area contributed by atoms with Crippen molar-refractivity contribution in [2.24, 2.45) is 10.1 Å². The van der Waals surface area contributed by atoms with Crippen LogP contribution in [-0.4, -0.2) is 38.1 Å². The zero-order valence-corrected chi connectivity index (χ0v) is 23.0. The summed E-state index contributed by atoms with van der Waals surface area (Å²) in [6.07, 6.45) is 3.49. The number of thioether (sulfide) groups is 1. The van der Waals surface area contributed by atoms with Crippen molar-refractivity contribution in [1.82, 2.24) is 9.58 Å². The summed E-state index contributed by atoms with van der Waals surface area (Å²) in [5.41, 5.74) is 4.15. The van der Waals surface area contributed by atoms with E-state index in [0.717, 1.165) is 45.6 Å². The molecule has 0 saturated carbocycles. The van der Waals surface area contributed by atoms with Gasteiger partial charge in [-0.2, -0.15) is 15.1 Å². The topological polar surface area (TPSA) is 83.0 Å². The van der Waals surface area contributed by atoms with Crippen molar-refractivity contribution >= 4 is 73.9 Å².